The van der Waals surface area contributed by atoms with Crippen LogP contribution in [0.2, 0.25) is 5.02 Å². The normalized spacial score (nSPS) is 11.7. The van der Waals surface area contributed by atoms with Gasteiger partial charge in [-0.05, 0) is 47.5 Å². The van der Waals surface area contributed by atoms with E-state index in [-0.39, 0.29) is 35.2 Å². The van der Waals surface area contributed by atoms with Gasteiger partial charge in [0.25, 0.3) is 10.0 Å². The molecule has 0 saturated heterocycles. The molecule has 0 aromatic heterocycles. The van der Waals surface area contributed by atoms with Crippen LogP contribution in [-0.4, -0.2) is 59.0 Å². The molecule has 0 bridgehead atoms. The minimum absolute atomic E-state index is 0.0788. The van der Waals surface area contributed by atoms with Crippen LogP contribution in [0, 0.1) is 0 Å². The van der Waals surface area contributed by atoms with Crippen molar-refractivity contribution in [3.63, 3.8) is 0 Å². The zero-order valence-corrected chi connectivity index (χ0v) is 26.2. The van der Waals surface area contributed by atoms with Crippen LogP contribution in [-0.2, 0) is 32.6 Å². The van der Waals surface area contributed by atoms with Crippen LogP contribution in [0.3, 0.4) is 0 Å². The van der Waals surface area contributed by atoms with Gasteiger partial charge in [0.15, 0.2) is 11.5 Å². The zero-order chi connectivity index (χ0) is 31.7. The lowest BCUT2D eigenvalue weighted by Gasteiger charge is -2.33. The molecule has 0 aliphatic rings. The van der Waals surface area contributed by atoms with E-state index in [1.54, 1.807) is 12.1 Å². The van der Waals surface area contributed by atoms with Crippen LogP contribution >= 0.6 is 11.6 Å². The highest BCUT2D eigenvalue weighted by molar-refractivity contribution is 7.92. The minimum atomic E-state index is -4.33. The number of carbonyl (C=O) groups is 2. The van der Waals surface area contributed by atoms with Crippen LogP contribution in [0.1, 0.15) is 11.1 Å². The summed E-state index contributed by atoms with van der Waals surface area (Å²) in [7, 11) is 0.0306. The standard InChI is InChI=1S/C33H34ClN3O6S/c1-35-33(39)29(20-24-10-6-4-7-11-24)36(22-25-12-8-5-9-13-25)32(38)23-37(27-16-14-26(34)15-17-27)44(40,41)28-18-19-30(42-2)31(21-28)43-3/h4-19,21,29H,20,22-23H2,1-3H3,(H,35,39). The highest BCUT2D eigenvalue weighted by Gasteiger charge is 2.34. The first kappa shape index (κ1) is 32.4. The number of sulfonamides is 1. The summed E-state index contributed by atoms with van der Waals surface area (Å²) >= 11 is 6.12. The number of benzene rings is 4. The van der Waals surface area contributed by atoms with Gasteiger partial charge in [-0.3, -0.25) is 13.9 Å². The van der Waals surface area contributed by atoms with Gasteiger partial charge in [0.2, 0.25) is 11.8 Å². The maximum atomic E-state index is 14.3. The first-order valence-electron chi connectivity index (χ1n) is 13.8. The summed E-state index contributed by atoms with van der Waals surface area (Å²) in [6, 6.07) is 28.0. The number of amides is 2. The average molecular weight is 636 g/mol. The van der Waals surface area contributed by atoms with Gasteiger partial charge in [0, 0.05) is 31.1 Å². The Labute approximate surface area is 263 Å². The molecule has 0 spiro atoms. The van der Waals surface area contributed by atoms with E-state index in [1.165, 1.54) is 56.5 Å². The molecule has 2 amide bonds. The largest absolute Gasteiger partial charge is 0.493 e. The summed E-state index contributed by atoms with van der Waals surface area (Å²) in [5.41, 5.74) is 1.85. The van der Waals surface area contributed by atoms with Crippen molar-refractivity contribution in [1.82, 2.24) is 10.2 Å². The van der Waals surface area contributed by atoms with Gasteiger partial charge in [-0.15, -0.1) is 0 Å². The van der Waals surface area contributed by atoms with Crippen molar-refractivity contribution < 1.29 is 27.5 Å². The number of ether oxygens (including phenoxy) is 2. The Morgan fingerprint density at radius 3 is 1.98 bits per heavy atom. The quantitative estimate of drug-likeness (QED) is 0.223. The molecule has 0 fully saturated rings. The molecule has 9 nitrogen and oxygen atoms in total. The lowest BCUT2D eigenvalue weighted by Crippen LogP contribution is -2.53. The lowest BCUT2D eigenvalue weighted by molar-refractivity contribution is -0.139. The average Bonchev–Trinajstić information content (AvgIpc) is 3.05. The Morgan fingerprint density at radius 2 is 1.41 bits per heavy atom. The molecule has 1 unspecified atom stereocenters. The summed E-state index contributed by atoms with van der Waals surface area (Å²) in [6.45, 7) is -0.511. The topological polar surface area (TPSA) is 105 Å². The van der Waals surface area contributed by atoms with E-state index in [2.05, 4.69) is 5.32 Å². The SMILES string of the molecule is CNC(=O)C(Cc1ccccc1)N(Cc1ccccc1)C(=O)CN(c1ccc(Cl)cc1)S(=O)(=O)c1ccc(OC)c(OC)c1. The summed E-state index contributed by atoms with van der Waals surface area (Å²) in [5, 5.41) is 3.07. The second-order valence-corrected chi connectivity index (χ2v) is 12.1. The predicted molar refractivity (Wildman–Crippen MR) is 171 cm³/mol. The number of likely N-dealkylation sites (N-methyl/N-ethyl adjacent to an activating group) is 1. The minimum Gasteiger partial charge on any atom is -0.493 e. The van der Waals surface area contributed by atoms with Gasteiger partial charge >= 0.3 is 0 Å². The summed E-state index contributed by atoms with van der Waals surface area (Å²) in [4.78, 5) is 29.0. The van der Waals surface area contributed by atoms with Gasteiger partial charge in [-0.2, -0.15) is 0 Å². The van der Waals surface area contributed by atoms with Crippen molar-refractivity contribution in [1.29, 1.82) is 0 Å². The molecule has 4 aromatic carbocycles. The van der Waals surface area contributed by atoms with E-state index in [1.807, 2.05) is 60.7 Å². The maximum absolute atomic E-state index is 14.3. The first-order chi connectivity index (χ1) is 21.2. The second-order valence-electron chi connectivity index (χ2n) is 9.83. The third-order valence-corrected chi connectivity index (χ3v) is 9.07. The number of methoxy groups -OCH3 is 2. The van der Waals surface area contributed by atoms with Gasteiger partial charge in [0.05, 0.1) is 24.8 Å². The van der Waals surface area contributed by atoms with E-state index in [4.69, 9.17) is 21.1 Å². The van der Waals surface area contributed by atoms with Crippen LogP contribution in [0.5, 0.6) is 11.5 Å². The molecule has 11 heteroatoms. The number of hydrogen-bond donors (Lipinski definition) is 1. The Bertz CT molecular complexity index is 1670. The molecule has 4 aromatic rings. The van der Waals surface area contributed by atoms with Crippen molar-refractivity contribution in [3.05, 3.63) is 119 Å². The number of nitrogens with one attached hydrogen (secondary N) is 1. The fourth-order valence-electron chi connectivity index (χ4n) is 4.74. The number of nitrogens with zero attached hydrogens (tertiary/aromatic N) is 2. The summed E-state index contributed by atoms with van der Waals surface area (Å²) in [6.07, 6.45) is 0.225. The first-order valence-corrected chi connectivity index (χ1v) is 15.6. The van der Waals surface area contributed by atoms with Crippen molar-refractivity contribution in [2.45, 2.75) is 23.9 Å². The van der Waals surface area contributed by atoms with Gasteiger partial charge in [-0.25, -0.2) is 8.42 Å². The van der Waals surface area contributed by atoms with E-state index in [9.17, 15) is 18.0 Å². The van der Waals surface area contributed by atoms with Crippen molar-refractivity contribution in [2.75, 3.05) is 32.1 Å². The molecule has 1 N–H and O–H groups in total. The van der Waals surface area contributed by atoms with Gasteiger partial charge in [-0.1, -0.05) is 72.3 Å². The molecule has 0 aliphatic carbocycles. The fraction of sp³-hybridized carbons (Fsp3) is 0.212. The predicted octanol–water partition coefficient (Wildman–Crippen LogP) is 4.94. The monoisotopic (exact) mass is 635 g/mol. The Kier molecular flexibility index (Phi) is 10.9. The third kappa shape index (κ3) is 7.69. The molecule has 0 saturated carbocycles. The van der Waals surface area contributed by atoms with Crippen LogP contribution in [0.25, 0.3) is 0 Å². The smallest absolute Gasteiger partial charge is 0.264 e. The third-order valence-electron chi connectivity index (χ3n) is 7.05. The van der Waals surface area contributed by atoms with Crippen molar-refractivity contribution in [2.24, 2.45) is 0 Å². The van der Waals surface area contributed by atoms with E-state index >= 15 is 0 Å². The number of hydrogen-bond acceptors (Lipinski definition) is 6. The fourth-order valence-corrected chi connectivity index (χ4v) is 6.30. The summed E-state index contributed by atoms with van der Waals surface area (Å²) < 4.78 is 40.0. The Morgan fingerprint density at radius 1 is 0.818 bits per heavy atom. The maximum Gasteiger partial charge on any atom is 0.264 e. The van der Waals surface area contributed by atoms with Gasteiger partial charge < -0.3 is 19.7 Å². The van der Waals surface area contributed by atoms with Crippen molar-refractivity contribution in [3.8, 4) is 11.5 Å². The second kappa shape index (κ2) is 14.8. The van der Waals surface area contributed by atoms with E-state index in [0.717, 1.165) is 15.4 Å². The molecule has 4 rings (SSSR count). The highest BCUT2D eigenvalue weighted by atomic mass is 35.5. The molecular formula is C33H34ClN3O6S. The number of anilines is 1. The Balaban J connectivity index is 1.79. The molecule has 230 valence electrons. The zero-order valence-electron chi connectivity index (χ0n) is 24.6. The highest BCUT2D eigenvalue weighted by Crippen LogP contribution is 2.33. The number of halogens is 1. The Hall–Kier alpha value is -4.54. The number of carbonyl (C=O) groups excluding carboxylic acids is 2. The van der Waals surface area contributed by atoms with E-state index < -0.39 is 28.5 Å². The lowest BCUT2D eigenvalue weighted by atomic mass is 10.0. The molecule has 44 heavy (non-hydrogen) atoms. The molecule has 1 atom stereocenters. The van der Waals surface area contributed by atoms with Gasteiger partial charge in [0.1, 0.15) is 12.6 Å². The summed E-state index contributed by atoms with van der Waals surface area (Å²) in [5.74, 6) is -0.385. The van der Waals surface area contributed by atoms with Crippen LogP contribution in [0.4, 0.5) is 5.69 Å². The van der Waals surface area contributed by atoms with Crippen LogP contribution < -0.4 is 19.1 Å². The molecule has 0 radical (unpaired) electrons. The molecular weight excluding hydrogens is 602 g/mol. The van der Waals surface area contributed by atoms with Crippen molar-refractivity contribution >= 4 is 39.1 Å². The van der Waals surface area contributed by atoms with Crippen LogP contribution in [0.15, 0.2) is 108 Å². The van der Waals surface area contributed by atoms with E-state index in [0.29, 0.717) is 10.8 Å². The number of rotatable bonds is 13. The molecule has 0 aliphatic heterocycles. The molecule has 0 heterocycles.